The summed E-state index contributed by atoms with van der Waals surface area (Å²) in [5.74, 6) is 6.98. The van der Waals surface area contributed by atoms with Gasteiger partial charge in [-0.1, -0.05) is 23.6 Å². The Balaban J connectivity index is 2.34. The largest absolute Gasteiger partial charge is 0.288 e. The van der Waals surface area contributed by atoms with E-state index in [1.807, 2.05) is 5.38 Å². The molecular formula is C11H12OS2. The number of rotatable bonds is 2. The minimum absolute atomic E-state index is 0.166. The van der Waals surface area contributed by atoms with E-state index in [-0.39, 0.29) is 5.12 Å². The summed E-state index contributed by atoms with van der Waals surface area (Å²) in [6.45, 7) is 3.65. The van der Waals surface area contributed by atoms with Crippen LogP contribution in [-0.4, -0.2) is 10.9 Å². The Morgan fingerprint density at radius 1 is 1.64 bits per heavy atom. The predicted molar refractivity (Wildman–Crippen MR) is 63.7 cm³/mol. The van der Waals surface area contributed by atoms with Gasteiger partial charge < -0.3 is 0 Å². The van der Waals surface area contributed by atoms with Crippen LogP contribution in [0.2, 0.25) is 0 Å². The first kappa shape index (κ1) is 11.4. The Morgan fingerprint density at radius 3 is 3.00 bits per heavy atom. The molecule has 0 spiro atoms. The lowest BCUT2D eigenvalue weighted by Gasteiger charge is -1.88. The maximum atomic E-state index is 10.6. The molecule has 1 aromatic rings. The van der Waals surface area contributed by atoms with Crippen LogP contribution in [0.5, 0.6) is 0 Å². The maximum absolute atomic E-state index is 10.6. The standard InChI is InChI=1S/C11H12OS2/c1-9-6-8-14-11(9)5-3-4-7-13-10(2)12/h6,8H,4,7H2,1-2H3. The van der Waals surface area contributed by atoms with Crippen LogP contribution < -0.4 is 0 Å². The molecule has 0 aromatic carbocycles. The molecule has 1 nitrogen and oxygen atoms in total. The van der Waals surface area contributed by atoms with Gasteiger partial charge in [0.2, 0.25) is 0 Å². The second kappa shape index (κ2) is 5.90. The third kappa shape index (κ3) is 3.99. The summed E-state index contributed by atoms with van der Waals surface area (Å²) in [6, 6.07) is 2.07. The van der Waals surface area contributed by atoms with Crippen LogP contribution in [0.25, 0.3) is 0 Å². The topological polar surface area (TPSA) is 17.1 Å². The van der Waals surface area contributed by atoms with E-state index in [0.29, 0.717) is 0 Å². The number of hydrogen-bond acceptors (Lipinski definition) is 3. The van der Waals surface area contributed by atoms with E-state index in [9.17, 15) is 4.79 Å². The molecule has 1 aromatic heterocycles. The molecule has 74 valence electrons. The van der Waals surface area contributed by atoms with Crippen molar-refractivity contribution in [2.45, 2.75) is 20.3 Å². The van der Waals surface area contributed by atoms with Gasteiger partial charge >= 0.3 is 0 Å². The number of carbonyl (C=O) groups excluding carboxylic acids is 1. The molecule has 0 aliphatic heterocycles. The van der Waals surface area contributed by atoms with E-state index >= 15 is 0 Å². The molecular weight excluding hydrogens is 212 g/mol. The van der Waals surface area contributed by atoms with Crippen LogP contribution in [-0.2, 0) is 4.79 Å². The highest BCUT2D eigenvalue weighted by Gasteiger charge is 1.94. The van der Waals surface area contributed by atoms with Crippen LogP contribution in [0.4, 0.5) is 0 Å². The highest BCUT2D eigenvalue weighted by atomic mass is 32.2. The van der Waals surface area contributed by atoms with Crippen molar-refractivity contribution in [2.75, 3.05) is 5.75 Å². The van der Waals surface area contributed by atoms with E-state index in [1.165, 1.54) is 17.3 Å². The summed E-state index contributed by atoms with van der Waals surface area (Å²) < 4.78 is 0. The van der Waals surface area contributed by atoms with Gasteiger partial charge in [0, 0.05) is 19.1 Å². The van der Waals surface area contributed by atoms with Crippen LogP contribution >= 0.6 is 23.1 Å². The van der Waals surface area contributed by atoms with Gasteiger partial charge in [0.05, 0.1) is 4.88 Å². The Bertz CT molecular complexity index is 368. The molecule has 0 atom stereocenters. The van der Waals surface area contributed by atoms with E-state index in [0.717, 1.165) is 17.1 Å². The van der Waals surface area contributed by atoms with Crippen molar-refractivity contribution in [3.63, 3.8) is 0 Å². The summed E-state index contributed by atoms with van der Waals surface area (Å²) in [5.41, 5.74) is 1.24. The monoisotopic (exact) mass is 224 g/mol. The molecule has 0 amide bonds. The summed E-state index contributed by atoms with van der Waals surface area (Å²) in [4.78, 5) is 11.7. The average Bonchev–Trinajstić information content (AvgIpc) is 2.51. The summed E-state index contributed by atoms with van der Waals surface area (Å²) >= 11 is 3.00. The highest BCUT2D eigenvalue weighted by Crippen LogP contribution is 2.13. The van der Waals surface area contributed by atoms with Crippen LogP contribution in [0, 0.1) is 18.8 Å². The molecule has 0 aliphatic rings. The Hall–Kier alpha value is -0.720. The molecule has 0 saturated heterocycles. The second-order valence-corrected chi connectivity index (χ2v) is 5.01. The van der Waals surface area contributed by atoms with Crippen LogP contribution in [0.15, 0.2) is 11.4 Å². The molecule has 0 radical (unpaired) electrons. The Kier molecular flexibility index (Phi) is 4.78. The van der Waals surface area contributed by atoms with Crippen molar-refractivity contribution in [1.29, 1.82) is 0 Å². The Labute approximate surface area is 92.9 Å². The predicted octanol–water partition coefficient (Wildman–Crippen LogP) is 3.08. The molecule has 14 heavy (non-hydrogen) atoms. The number of hydrogen-bond donors (Lipinski definition) is 0. The number of aryl methyl sites for hydroxylation is 1. The Morgan fingerprint density at radius 2 is 2.43 bits per heavy atom. The normalized spacial score (nSPS) is 9.29. The SMILES string of the molecule is CC(=O)SCCC#Cc1sccc1C. The fourth-order valence-corrected chi connectivity index (χ4v) is 2.17. The van der Waals surface area contributed by atoms with Gasteiger partial charge in [-0.3, -0.25) is 4.79 Å². The van der Waals surface area contributed by atoms with Crippen LogP contribution in [0.1, 0.15) is 23.8 Å². The van der Waals surface area contributed by atoms with Crippen molar-refractivity contribution in [1.82, 2.24) is 0 Å². The van der Waals surface area contributed by atoms with Crippen molar-refractivity contribution in [3.05, 3.63) is 21.9 Å². The zero-order chi connectivity index (χ0) is 10.4. The van der Waals surface area contributed by atoms with E-state index < -0.39 is 0 Å². The smallest absolute Gasteiger partial charge is 0.185 e. The number of carbonyl (C=O) groups is 1. The maximum Gasteiger partial charge on any atom is 0.185 e. The molecule has 1 heterocycles. The molecule has 0 aliphatic carbocycles. The van der Waals surface area contributed by atoms with Gasteiger partial charge in [-0.25, -0.2) is 0 Å². The number of thioether (sulfide) groups is 1. The summed E-state index contributed by atoms with van der Waals surface area (Å²) in [5, 5.41) is 2.21. The van der Waals surface area contributed by atoms with Gasteiger partial charge in [0.15, 0.2) is 5.12 Å². The van der Waals surface area contributed by atoms with Gasteiger partial charge in [-0.15, -0.1) is 11.3 Å². The zero-order valence-corrected chi connectivity index (χ0v) is 9.93. The summed E-state index contributed by atoms with van der Waals surface area (Å²) in [7, 11) is 0. The van der Waals surface area contributed by atoms with Gasteiger partial charge in [0.25, 0.3) is 0 Å². The molecule has 0 bridgehead atoms. The molecule has 0 unspecified atom stereocenters. The number of thiophene rings is 1. The molecule has 0 N–H and O–H groups in total. The van der Waals surface area contributed by atoms with Crippen molar-refractivity contribution in [3.8, 4) is 11.8 Å². The fourth-order valence-electron chi connectivity index (χ4n) is 0.889. The average molecular weight is 224 g/mol. The van der Waals surface area contributed by atoms with Gasteiger partial charge in [0.1, 0.15) is 0 Å². The van der Waals surface area contributed by atoms with E-state index in [2.05, 4.69) is 24.8 Å². The first-order valence-electron chi connectivity index (χ1n) is 4.36. The van der Waals surface area contributed by atoms with E-state index in [1.54, 1.807) is 18.3 Å². The molecule has 0 saturated carbocycles. The lowest BCUT2D eigenvalue weighted by atomic mass is 10.3. The third-order valence-corrected chi connectivity index (χ3v) is 3.34. The van der Waals surface area contributed by atoms with Gasteiger partial charge in [-0.2, -0.15) is 0 Å². The minimum Gasteiger partial charge on any atom is -0.288 e. The lowest BCUT2D eigenvalue weighted by molar-refractivity contribution is -0.109. The zero-order valence-electron chi connectivity index (χ0n) is 8.29. The van der Waals surface area contributed by atoms with Crippen molar-refractivity contribution < 1.29 is 4.79 Å². The molecule has 1 rings (SSSR count). The minimum atomic E-state index is 0.166. The van der Waals surface area contributed by atoms with Gasteiger partial charge in [-0.05, 0) is 23.9 Å². The second-order valence-electron chi connectivity index (χ2n) is 2.82. The highest BCUT2D eigenvalue weighted by molar-refractivity contribution is 8.13. The van der Waals surface area contributed by atoms with Crippen molar-refractivity contribution in [2.24, 2.45) is 0 Å². The van der Waals surface area contributed by atoms with E-state index in [4.69, 9.17) is 0 Å². The quantitative estimate of drug-likeness (QED) is 0.567. The first-order chi connectivity index (χ1) is 6.70. The molecule has 0 fully saturated rings. The first-order valence-corrected chi connectivity index (χ1v) is 6.23. The third-order valence-electron chi connectivity index (χ3n) is 1.60. The lowest BCUT2D eigenvalue weighted by Crippen LogP contribution is -1.83. The summed E-state index contributed by atoms with van der Waals surface area (Å²) in [6.07, 6.45) is 0.779. The van der Waals surface area contributed by atoms with Crippen LogP contribution in [0.3, 0.4) is 0 Å². The fraction of sp³-hybridized carbons (Fsp3) is 0.364. The molecule has 3 heteroatoms. The van der Waals surface area contributed by atoms with Crippen molar-refractivity contribution >= 4 is 28.2 Å².